The van der Waals surface area contributed by atoms with Crippen LogP contribution in [0.5, 0.6) is 0 Å². The molecule has 5 rings (SSSR count). The molecule has 3 aromatic rings. The molecule has 0 unspecified atom stereocenters. The summed E-state index contributed by atoms with van der Waals surface area (Å²) in [5.41, 5.74) is 1.86. The minimum atomic E-state index is 0.457. The number of methoxy groups -OCH3 is 1. The number of fused-ring (bicyclic) bond motifs is 1. The van der Waals surface area contributed by atoms with Gasteiger partial charge in [0, 0.05) is 50.9 Å². The topological polar surface area (TPSA) is 85.1 Å². The molecule has 3 aromatic heterocycles. The molecule has 1 saturated heterocycles. The highest BCUT2D eigenvalue weighted by atomic mass is 32.1. The maximum Gasteiger partial charge on any atom is 0.205 e. The summed E-state index contributed by atoms with van der Waals surface area (Å²) in [4.78, 5) is 22.7. The fourth-order valence-electron chi connectivity index (χ4n) is 3.36. The summed E-state index contributed by atoms with van der Waals surface area (Å²) in [5, 5.41) is 0.961. The molecule has 1 aliphatic carbocycles. The van der Waals surface area contributed by atoms with E-state index in [-0.39, 0.29) is 0 Å². The monoisotopic (exact) mass is 372 g/mol. The molecule has 0 amide bonds. The van der Waals surface area contributed by atoms with E-state index in [1.807, 2.05) is 6.33 Å². The molecule has 0 radical (unpaired) electrons. The lowest BCUT2D eigenvalue weighted by atomic mass is 10.3. The Morgan fingerprint density at radius 3 is 2.69 bits per heavy atom. The van der Waals surface area contributed by atoms with E-state index in [0.717, 1.165) is 54.1 Å². The van der Waals surface area contributed by atoms with E-state index >= 15 is 0 Å². The zero-order chi connectivity index (χ0) is 17.5. The molecule has 10 heteroatoms. The quantitative estimate of drug-likeness (QED) is 0.666. The first-order chi connectivity index (χ1) is 12.8. The zero-order valence-corrected chi connectivity index (χ0v) is 15.4. The molecule has 9 nitrogen and oxygen atoms in total. The standard InChI is InChI=1S/C16H20N8OS/c1-25-8-12-20-16(26-21-12)23-6-4-22(5-7-23)14-13-15(18-9-17-14)24(10-19-13)11-2-3-11/h9-11H,2-8H2,1H3. The molecule has 0 bridgehead atoms. The smallest absolute Gasteiger partial charge is 0.205 e. The van der Waals surface area contributed by atoms with E-state index in [4.69, 9.17) is 4.74 Å². The molecule has 1 saturated carbocycles. The van der Waals surface area contributed by atoms with Gasteiger partial charge in [-0.1, -0.05) is 0 Å². The number of hydrogen-bond donors (Lipinski definition) is 0. The van der Waals surface area contributed by atoms with E-state index in [1.54, 1.807) is 13.4 Å². The molecule has 1 aliphatic heterocycles. The van der Waals surface area contributed by atoms with Crippen molar-refractivity contribution in [3.05, 3.63) is 18.5 Å². The Labute approximate surface area is 154 Å². The number of nitrogens with zero attached hydrogens (tertiary/aromatic N) is 8. The first kappa shape index (κ1) is 15.9. The largest absolute Gasteiger partial charge is 0.377 e. The molecule has 0 spiro atoms. The van der Waals surface area contributed by atoms with Gasteiger partial charge in [-0.05, 0) is 12.8 Å². The van der Waals surface area contributed by atoms with E-state index < -0.39 is 0 Å². The third kappa shape index (κ3) is 2.78. The zero-order valence-electron chi connectivity index (χ0n) is 14.6. The number of anilines is 2. The maximum atomic E-state index is 5.10. The average Bonchev–Trinajstić information content (AvgIpc) is 3.25. The fraction of sp³-hybridized carbons (Fsp3) is 0.562. The minimum absolute atomic E-state index is 0.457. The fourth-order valence-corrected chi connectivity index (χ4v) is 4.09. The Morgan fingerprint density at radius 1 is 1.12 bits per heavy atom. The first-order valence-corrected chi connectivity index (χ1v) is 9.60. The van der Waals surface area contributed by atoms with Gasteiger partial charge in [0.05, 0.1) is 6.33 Å². The molecule has 2 fully saturated rings. The Kier molecular flexibility index (Phi) is 3.93. The predicted molar refractivity (Wildman–Crippen MR) is 98.6 cm³/mol. The van der Waals surface area contributed by atoms with Crippen molar-refractivity contribution in [2.24, 2.45) is 0 Å². The first-order valence-electron chi connectivity index (χ1n) is 8.82. The van der Waals surface area contributed by atoms with E-state index in [2.05, 4.69) is 38.7 Å². The third-order valence-corrected chi connectivity index (χ3v) is 5.68. The molecule has 26 heavy (non-hydrogen) atoms. The number of rotatable bonds is 5. The van der Waals surface area contributed by atoms with Crippen LogP contribution in [0.2, 0.25) is 0 Å². The van der Waals surface area contributed by atoms with Gasteiger partial charge in [0.15, 0.2) is 22.8 Å². The highest BCUT2D eigenvalue weighted by Crippen LogP contribution is 2.37. The maximum absolute atomic E-state index is 5.10. The van der Waals surface area contributed by atoms with Crippen molar-refractivity contribution in [1.29, 1.82) is 0 Å². The van der Waals surface area contributed by atoms with Crippen molar-refractivity contribution in [3.8, 4) is 0 Å². The predicted octanol–water partition coefficient (Wildman–Crippen LogP) is 1.49. The Balaban J connectivity index is 1.33. The lowest BCUT2D eigenvalue weighted by molar-refractivity contribution is 0.179. The van der Waals surface area contributed by atoms with Crippen LogP contribution in [0, 0.1) is 0 Å². The summed E-state index contributed by atoms with van der Waals surface area (Å²) in [6.45, 7) is 3.98. The van der Waals surface area contributed by atoms with Crippen LogP contribution in [0.25, 0.3) is 11.2 Å². The number of hydrogen-bond acceptors (Lipinski definition) is 9. The van der Waals surface area contributed by atoms with E-state index in [9.17, 15) is 0 Å². The van der Waals surface area contributed by atoms with Crippen molar-refractivity contribution < 1.29 is 4.74 Å². The van der Waals surface area contributed by atoms with Crippen LogP contribution in [0.3, 0.4) is 0 Å². The van der Waals surface area contributed by atoms with Crippen LogP contribution in [0.15, 0.2) is 12.7 Å². The summed E-state index contributed by atoms with van der Waals surface area (Å²) in [5.74, 6) is 1.68. The summed E-state index contributed by atoms with van der Waals surface area (Å²) in [6.07, 6.45) is 6.01. The molecule has 136 valence electrons. The van der Waals surface area contributed by atoms with Gasteiger partial charge in [-0.15, -0.1) is 0 Å². The Morgan fingerprint density at radius 2 is 1.92 bits per heavy atom. The Hall–Kier alpha value is -2.33. The second-order valence-electron chi connectivity index (χ2n) is 6.65. The molecule has 2 aliphatic rings. The molecule has 0 atom stereocenters. The molecule has 0 N–H and O–H groups in total. The molecule has 4 heterocycles. The summed E-state index contributed by atoms with van der Waals surface area (Å²) in [7, 11) is 1.66. The van der Waals surface area contributed by atoms with Gasteiger partial charge in [0.1, 0.15) is 12.9 Å². The van der Waals surface area contributed by atoms with Gasteiger partial charge in [0.2, 0.25) is 5.13 Å². The normalized spacial score (nSPS) is 18.0. The lowest BCUT2D eigenvalue weighted by Crippen LogP contribution is -2.47. The van der Waals surface area contributed by atoms with Gasteiger partial charge in [-0.2, -0.15) is 4.37 Å². The number of ether oxygens (including phenoxy) is 1. The van der Waals surface area contributed by atoms with Crippen molar-refractivity contribution in [1.82, 2.24) is 28.9 Å². The van der Waals surface area contributed by atoms with Crippen LogP contribution >= 0.6 is 11.5 Å². The van der Waals surface area contributed by atoms with Gasteiger partial charge in [-0.3, -0.25) is 0 Å². The Bertz CT molecular complexity index is 912. The van der Waals surface area contributed by atoms with Crippen molar-refractivity contribution in [3.63, 3.8) is 0 Å². The lowest BCUT2D eigenvalue weighted by Gasteiger charge is -2.34. The molecular formula is C16H20N8OS. The van der Waals surface area contributed by atoms with Gasteiger partial charge >= 0.3 is 0 Å². The van der Waals surface area contributed by atoms with Gasteiger partial charge in [0.25, 0.3) is 0 Å². The molecule has 0 aromatic carbocycles. The van der Waals surface area contributed by atoms with Crippen LogP contribution in [0.1, 0.15) is 24.7 Å². The summed E-state index contributed by atoms with van der Waals surface area (Å²) >= 11 is 1.43. The van der Waals surface area contributed by atoms with Gasteiger partial charge in [-0.25, -0.2) is 19.9 Å². The van der Waals surface area contributed by atoms with Crippen LogP contribution in [-0.4, -0.2) is 62.2 Å². The van der Waals surface area contributed by atoms with Crippen LogP contribution in [-0.2, 0) is 11.3 Å². The minimum Gasteiger partial charge on any atom is -0.377 e. The van der Waals surface area contributed by atoms with Gasteiger partial charge < -0.3 is 19.1 Å². The second kappa shape index (κ2) is 6.44. The summed E-state index contributed by atoms with van der Waals surface area (Å²) < 4.78 is 11.6. The average molecular weight is 372 g/mol. The SMILES string of the molecule is COCc1nsc(N2CCN(c3ncnc4c3ncn4C3CC3)CC2)n1. The van der Waals surface area contributed by atoms with Crippen molar-refractivity contribution in [2.45, 2.75) is 25.5 Å². The van der Waals surface area contributed by atoms with Crippen molar-refractivity contribution in [2.75, 3.05) is 43.1 Å². The highest BCUT2D eigenvalue weighted by Gasteiger charge is 2.28. The highest BCUT2D eigenvalue weighted by molar-refractivity contribution is 7.09. The summed E-state index contributed by atoms with van der Waals surface area (Å²) in [6, 6.07) is 0.568. The third-order valence-electron chi connectivity index (χ3n) is 4.86. The number of piperazine rings is 1. The van der Waals surface area contributed by atoms with Crippen LogP contribution < -0.4 is 9.80 Å². The van der Waals surface area contributed by atoms with E-state index in [1.165, 1.54) is 24.4 Å². The van der Waals surface area contributed by atoms with Crippen LogP contribution in [0.4, 0.5) is 10.9 Å². The second-order valence-corrected chi connectivity index (χ2v) is 7.38. The van der Waals surface area contributed by atoms with E-state index in [0.29, 0.717) is 12.6 Å². The van der Waals surface area contributed by atoms with Crippen molar-refractivity contribution >= 4 is 33.6 Å². The molecular weight excluding hydrogens is 352 g/mol. The number of aromatic nitrogens is 6. The number of imidazole rings is 1.